The zero-order valence-corrected chi connectivity index (χ0v) is 10.5. The van der Waals surface area contributed by atoms with Crippen LogP contribution >= 0.6 is 11.6 Å². The molecule has 2 aromatic heterocycles. The zero-order chi connectivity index (χ0) is 13.1. The lowest BCUT2D eigenvalue weighted by Crippen LogP contribution is -2.15. The largest absolute Gasteiger partial charge is 0.409 e. The van der Waals surface area contributed by atoms with Crippen molar-refractivity contribution in [2.75, 3.05) is 0 Å². The molecule has 2 rings (SSSR count). The van der Waals surface area contributed by atoms with Crippen molar-refractivity contribution < 1.29 is 5.21 Å². The molecular weight excluding hydrogens is 254 g/mol. The molecule has 0 aliphatic rings. The lowest BCUT2D eigenvalue weighted by Gasteiger charge is -2.06. The van der Waals surface area contributed by atoms with Crippen molar-refractivity contribution >= 4 is 17.4 Å². The molecule has 0 saturated heterocycles. The standard InChI is InChI=1S/C11H12ClN5O/c1-7-9(12)5-15-17(7)6-8-2-3-14-10(4-8)11(13)16-18/h2-5,18H,6H2,1H3,(H2,13,16). The molecule has 0 aromatic carbocycles. The van der Waals surface area contributed by atoms with Crippen molar-refractivity contribution in [2.45, 2.75) is 13.5 Å². The van der Waals surface area contributed by atoms with Crippen LogP contribution in [0, 0.1) is 6.92 Å². The molecule has 0 aliphatic carbocycles. The topological polar surface area (TPSA) is 89.3 Å². The molecule has 6 nitrogen and oxygen atoms in total. The summed E-state index contributed by atoms with van der Waals surface area (Å²) in [5, 5.41) is 16.3. The molecule has 18 heavy (non-hydrogen) atoms. The minimum absolute atomic E-state index is 0.0212. The van der Waals surface area contributed by atoms with Crippen LogP contribution in [-0.4, -0.2) is 25.8 Å². The fourth-order valence-corrected chi connectivity index (χ4v) is 1.66. The van der Waals surface area contributed by atoms with Crippen LogP contribution in [0.25, 0.3) is 0 Å². The van der Waals surface area contributed by atoms with E-state index in [-0.39, 0.29) is 5.84 Å². The van der Waals surface area contributed by atoms with Gasteiger partial charge in [0.2, 0.25) is 0 Å². The number of hydrogen-bond donors (Lipinski definition) is 2. The lowest BCUT2D eigenvalue weighted by molar-refractivity contribution is 0.318. The van der Waals surface area contributed by atoms with E-state index < -0.39 is 0 Å². The minimum Gasteiger partial charge on any atom is -0.409 e. The van der Waals surface area contributed by atoms with E-state index in [1.165, 1.54) is 0 Å². The third-order valence-electron chi connectivity index (χ3n) is 2.57. The maximum Gasteiger partial charge on any atom is 0.188 e. The van der Waals surface area contributed by atoms with Crippen LogP contribution in [0.15, 0.2) is 29.7 Å². The molecular formula is C11H12ClN5O. The highest BCUT2D eigenvalue weighted by atomic mass is 35.5. The quantitative estimate of drug-likeness (QED) is 0.380. The van der Waals surface area contributed by atoms with Gasteiger partial charge in [0.25, 0.3) is 0 Å². The molecule has 7 heteroatoms. The molecule has 0 fully saturated rings. The minimum atomic E-state index is -0.0212. The van der Waals surface area contributed by atoms with E-state index in [1.807, 2.05) is 13.0 Å². The van der Waals surface area contributed by atoms with Gasteiger partial charge in [0, 0.05) is 6.20 Å². The normalized spacial score (nSPS) is 11.8. The number of aromatic nitrogens is 3. The number of oxime groups is 1. The van der Waals surface area contributed by atoms with E-state index >= 15 is 0 Å². The highest BCUT2D eigenvalue weighted by Crippen LogP contribution is 2.14. The van der Waals surface area contributed by atoms with Gasteiger partial charge >= 0.3 is 0 Å². The molecule has 0 saturated carbocycles. The molecule has 0 atom stereocenters. The summed E-state index contributed by atoms with van der Waals surface area (Å²) in [5.74, 6) is -0.0212. The average Bonchev–Trinajstić information content (AvgIpc) is 2.70. The van der Waals surface area contributed by atoms with Crippen LogP contribution in [0.2, 0.25) is 5.02 Å². The summed E-state index contributed by atoms with van der Waals surface area (Å²) in [6, 6.07) is 3.58. The van der Waals surface area contributed by atoms with Crippen molar-refractivity contribution in [2.24, 2.45) is 10.9 Å². The number of rotatable bonds is 3. The summed E-state index contributed by atoms with van der Waals surface area (Å²) in [7, 11) is 0. The van der Waals surface area contributed by atoms with Crippen LogP contribution in [0.4, 0.5) is 0 Å². The zero-order valence-electron chi connectivity index (χ0n) is 9.71. The van der Waals surface area contributed by atoms with Crippen molar-refractivity contribution in [3.63, 3.8) is 0 Å². The monoisotopic (exact) mass is 265 g/mol. The maximum absolute atomic E-state index is 8.60. The number of nitrogens with two attached hydrogens (primary N) is 1. The molecule has 0 bridgehead atoms. The third-order valence-corrected chi connectivity index (χ3v) is 2.94. The van der Waals surface area contributed by atoms with Gasteiger partial charge in [-0.15, -0.1) is 0 Å². The van der Waals surface area contributed by atoms with E-state index in [0.29, 0.717) is 17.3 Å². The number of amidine groups is 1. The molecule has 94 valence electrons. The Morgan fingerprint density at radius 2 is 2.39 bits per heavy atom. The second-order valence-electron chi connectivity index (χ2n) is 3.77. The molecule has 0 aliphatic heterocycles. The van der Waals surface area contributed by atoms with Crippen LogP contribution in [0.5, 0.6) is 0 Å². The van der Waals surface area contributed by atoms with E-state index in [1.54, 1.807) is 23.1 Å². The average molecular weight is 266 g/mol. The van der Waals surface area contributed by atoms with Crippen LogP contribution < -0.4 is 5.73 Å². The summed E-state index contributed by atoms with van der Waals surface area (Å²) in [4.78, 5) is 4.01. The number of pyridine rings is 1. The molecule has 0 unspecified atom stereocenters. The highest BCUT2D eigenvalue weighted by molar-refractivity contribution is 6.31. The van der Waals surface area contributed by atoms with Gasteiger partial charge in [-0.2, -0.15) is 5.10 Å². The third kappa shape index (κ3) is 2.43. The Labute approximate surface area is 109 Å². The summed E-state index contributed by atoms with van der Waals surface area (Å²) < 4.78 is 1.77. The van der Waals surface area contributed by atoms with Crippen LogP contribution in [0.1, 0.15) is 17.0 Å². The fraction of sp³-hybridized carbons (Fsp3) is 0.182. The van der Waals surface area contributed by atoms with Gasteiger partial charge < -0.3 is 10.9 Å². The summed E-state index contributed by atoms with van der Waals surface area (Å²) >= 11 is 5.93. The smallest absolute Gasteiger partial charge is 0.188 e. The van der Waals surface area contributed by atoms with Gasteiger partial charge in [-0.1, -0.05) is 16.8 Å². The Morgan fingerprint density at radius 1 is 1.61 bits per heavy atom. The SMILES string of the molecule is Cc1c(Cl)cnn1Cc1ccnc(C(N)=NO)c1. The van der Waals surface area contributed by atoms with Crippen LogP contribution in [0.3, 0.4) is 0 Å². The van der Waals surface area contributed by atoms with Gasteiger partial charge in [-0.3, -0.25) is 9.67 Å². The second kappa shape index (κ2) is 5.05. The molecule has 3 N–H and O–H groups in total. The summed E-state index contributed by atoms with van der Waals surface area (Å²) in [5.41, 5.74) is 7.73. The summed E-state index contributed by atoms with van der Waals surface area (Å²) in [6.07, 6.45) is 3.20. The number of nitrogens with zero attached hydrogens (tertiary/aromatic N) is 4. The Morgan fingerprint density at radius 3 is 3.00 bits per heavy atom. The van der Waals surface area contributed by atoms with Crippen LogP contribution in [-0.2, 0) is 6.54 Å². The van der Waals surface area contributed by atoms with Crippen molar-refractivity contribution in [1.82, 2.24) is 14.8 Å². The Hall–Kier alpha value is -2.08. The molecule has 0 spiro atoms. The first-order valence-electron chi connectivity index (χ1n) is 5.22. The van der Waals surface area contributed by atoms with E-state index in [9.17, 15) is 0 Å². The van der Waals surface area contributed by atoms with Crippen molar-refractivity contribution in [1.29, 1.82) is 0 Å². The lowest BCUT2D eigenvalue weighted by atomic mass is 10.2. The Kier molecular flexibility index (Phi) is 3.47. The van der Waals surface area contributed by atoms with Gasteiger partial charge in [0.1, 0.15) is 5.69 Å². The Balaban J connectivity index is 2.27. The predicted molar refractivity (Wildman–Crippen MR) is 67.8 cm³/mol. The first-order valence-corrected chi connectivity index (χ1v) is 5.60. The van der Waals surface area contributed by atoms with Crippen molar-refractivity contribution in [3.8, 4) is 0 Å². The Bertz CT molecular complexity index is 593. The van der Waals surface area contributed by atoms with Gasteiger partial charge in [-0.25, -0.2) is 0 Å². The number of halogens is 1. The maximum atomic E-state index is 8.60. The summed E-state index contributed by atoms with van der Waals surface area (Å²) in [6.45, 7) is 2.44. The van der Waals surface area contributed by atoms with E-state index in [0.717, 1.165) is 11.3 Å². The first-order chi connectivity index (χ1) is 8.61. The first kappa shape index (κ1) is 12.4. The molecule has 0 radical (unpaired) electrons. The highest BCUT2D eigenvalue weighted by Gasteiger charge is 2.06. The van der Waals surface area contributed by atoms with Gasteiger partial charge in [0.05, 0.1) is 23.5 Å². The second-order valence-corrected chi connectivity index (χ2v) is 4.18. The van der Waals surface area contributed by atoms with Gasteiger partial charge in [0.15, 0.2) is 5.84 Å². The van der Waals surface area contributed by atoms with E-state index in [2.05, 4.69) is 15.2 Å². The fourth-order valence-electron chi connectivity index (χ4n) is 1.52. The van der Waals surface area contributed by atoms with Crippen molar-refractivity contribution in [3.05, 3.63) is 46.5 Å². The molecule has 2 aromatic rings. The predicted octanol–water partition coefficient (Wildman–Crippen LogP) is 1.38. The number of hydrogen-bond acceptors (Lipinski definition) is 4. The molecule has 0 amide bonds. The van der Waals surface area contributed by atoms with E-state index in [4.69, 9.17) is 22.5 Å². The van der Waals surface area contributed by atoms with Gasteiger partial charge in [-0.05, 0) is 24.6 Å². The molecule has 2 heterocycles.